The molecule has 2 aromatic carbocycles. The van der Waals surface area contributed by atoms with Crippen LogP contribution in [0.25, 0.3) is 0 Å². The Balaban J connectivity index is 2.11. The molecule has 1 aliphatic heterocycles. The van der Waals surface area contributed by atoms with Gasteiger partial charge in [0.05, 0.1) is 26.9 Å². The molecule has 5 heteroatoms. The van der Waals surface area contributed by atoms with E-state index >= 15 is 0 Å². The summed E-state index contributed by atoms with van der Waals surface area (Å²) in [5.74, 6) is 2.44. The van der Waals surface area contributed by atoms with Gasteiger partial charge in [0.15, 0.2) is 11.5 Å². The van der Waals surface area contributed by atoms with Crippen molar-refractivity contribution in [3.05, 3.63) is 51.5 Å². The minimum absolute atomic E-state index is 0.0614. The van der Waals surface area contributed by atoms with Gasteiger partial charge in [-0.3, -0.25) is 0 Å². The topological polar surface area (TPSA) is 39.7 Å². The van der Waals surface area contributed by atoms with Gasteiger partial charge in [0.1, 0.15) is 5.75 Å². The Morgan fingerprint density at radius 1 is 1.04 bits per heavy atom. The molecular weight excluding hydrogens is 370 g/mol. The Hall–Kier alpha value is -1.72. The number of fused-ring (bicyclic) bond motifs is 1. The van der Waals surface area contributed by atoms with Crippen LogP contribution in [0.1, 0.15) is 29.7 Å². The van der Waals surface area contributed by atoms with Crippen molar-refractivity contribution in [3.8, 4) is 17.2 Å². The highest BCUT2D eigenvalue weighted by molar-refractivity contribution is 9.10. The van der Waals surface area contributed by atoms with Crippen LogP contribution in [-0.4, -0.2) is 27.4 Å². The molecule has 0 saturated heterocycles. The molecule has 1 heterocycles. The molecule has 1 N–H and O–H groups in total. The first-order valence-corrected chi connectivity index (χ1v) is 8.87. The van der Waals surface area contributed by atoms with Crippen molar-refractivity contribution in [2.75, 3.05) is 27.4 Å². The second kappa shape index (κ2) is 7.45. The summed E-state index contributed by atoms with van der Waals surface area (Å²) in [5, 5.41) is 3.60. The van der Waals surface area contributed by atoms with E-state index in [-0.39, 0.29) is 6.04 Å². The van der Waals surface area contributed by atoms with Crippen LogP contribution in [0, 0.1) is 0 Å². The summed E-state index contributed by atoms with van der Waals surface area (Å²) < 4.78 is 17.9. The summed E-state index contributed by atoms with van der Waals surface area (Å²) in [4.78, 5) is 0. The normalized spacial score (nSPS) is 16.4. The molecule has 0 aromatic heterocycles. The summed E-state index contributed by atoms with van der Waals surface area (Å²) >= 11 is 3.57. The molecule has 0 fully saturated rings. The zero-order valence-electron chi connectivity index (χ0n) is 14.2. The molecule has 1 unspecified atom stereocenters. The van der Waals surface area contributed by atoms with Crippen LogP contribution < -0.4 is 19.5 Å². The van der Waals surface area contributed by atoms with Gasteiger partial charge in [-0.05, 0) is 54.8 Å². The average Bonchev–Trinajstić information content (AvgIpc) is 2.61. The van der Waals surface area contributed by atoms with Crippen molar-refractivity contribution in [2.45, 2.75) is 19.4 Å². The fraction of sp³-hybridized carbons (Fsp3) is 0.368. The largest absolute Gasteiger partial charge is 0.496 e. The van der Waals surface area contributed by atoms with E-state index in [1.165, 1.54) is 11.1 Å². The number of methoxy groups -OCH3 is 2. The lowest BCUT2D eigenvalue weighted by molar-refractivity contribution is 0.309. The highest BCUT2D eigenvalue weighted by Crippen LogP contribution is 2.40. The van der Waals surface area contributed by atoms with Crippen LogP contribution in [0.3, 0.4) is 0 Å². The minimum Gasteiger partial charge on any atom is -0.496 e. The second-order valence-electron chi connectivity index (χ2n) is 5.66. The van der Waals surface area contributed by atoms with Crippen molar-refractivity contribution in [1.29, 1.82) is 0 Å². The summed E-state index contributed by atoms with van der Waals surface area (Å²) in [5.41, 5.74) is 3.60. The molecule has 0 aliphatic carbocycles. The van der Waals surface area contributed by atoms with E-state index in [4.69, 9.17) is 14.2 Å². The molecule has 128 valence electrons. The molecule has 0 spiro atoms. The molecule has 24 heavy (non-hydrogen) atoms. The molecule has 1 atom stereocenters. The Morgan fingerprint density at radius 3 is 2.54 bits per heavy atom. The first kappa shape index (κ1) is 17.1. The summed E-state index contributed by atoms with van der Waals surface area (Å²) in [6.45, 7) is 3.49. The molecule has 0 bridgehead atoms. The van der Waals surface area contributed by atoms with Crippen molar-refractivity contribution in [2.24, 2.45) is 0 Å². The molecule has 4 nitrogen and oxygen atoms in total. The first-order chi connectivity index (χ1) is 11.7. The summed E-state index contributed by atoms with van der Waals surface area (Å²) in [6, 6.07) is 10.3. The van der Waals surface area contributed by atoms with Crippen molar-refractivity contribution in [3.63, 3.8) is 0 Å². The molecule has 2 aromatic rings. The Labute approximate surface area is 151 Å². The maximum absolute atomic E-state index is 5.77. The fourth-order valence-corrected chi connectivity index (χ4v) is 3.58. The van der Waals surface area contributed by atoms with Gasteiger partial charge in [0, 0.05) is 16.6 Å². The van der Waals surface area contributed by atoms with Gasteiger partial charge in [0.2, 0.25) is 0 Å². The average molecular weight is 392 g/mol. The van der Waals surface area contributed by atoms with Crippen LogP contribution in [0.2, 0.25) is 0 Å². The number of rotatable bonds is 5. The number of ether oxygens (including phenoxy) is 3. The first-order valence-electron chi connectivity index (χ1n) is 8.08. The van der Waals surface area contributed by atoms with Crippen molar-refractivity contribution >= 4 is 15.9 Å². The Morgan fingerprint density at radius 2 is 1.83 bits per heavy atom. The smallest absolute Gasteiger partial charge is 0.161 e. The second-order valence-corrected chi connectivity index (χ2v) is 6.57. The summed E-state index contributed by atoms with van der Waals surface area (Å²) in [6.07, 6.45) is 0.963. The highest BCUT2D eigenvalue weighted by Gasteiger charge is 2.26. The van der Waals surface area contributed by atoms with E-state index in [0.717, 1.165) is 40.3 Å². The van der Waals surface area contributed by atoms with Crippen molar-refractivity contribution in [1.82, 2.24) is 5.32 Å². The summed E-state index contributed by atoms with van der Waals surface area (Å²) in [7, 11) is 3.39. The minimum atomic E-state index is 0.0614. The standard InChI is InChI=1S/C19H22BrNO3/c1-4-24-18-11-14-12(9-17(18)23-3)7-8-21-19(14)15-10-13(20)5-6-16(15)22-2/h5-6,9-11,19,21H,4,7-8H2,1-3H3. The molecule has 0 radical (unpaired) electrons. The lowest BCUT2D eigenvalue weighted by Crippen LogP contribution is -2.31. The molecule has 0 amide bonds. The predicted octanol–water partition coefficient (Wildman–Crippen LogP) is 4.10. The lowest BCUT2D eigenvalue weighted by Gasteiger charge is -2.29. The van der Waals surface area contributed by atoms with E-state index in [9.17, 15) is 0 Å². The van der Waals surface area contributed by atoms with Gasteiger partial charge in [-0.15, -0.1) is 0 Å². The third-order valence-electron chi connectivity index (χ3n) is 4.28. The van der Waals surface area contributed by atoms with E-state index in [1.807, 2.05) is 19.1 Å². The lowest BCUT2D eigenvalue weighted by atomic mass is 9.89. The monoisotopic (exact) mass is 391 g/mol. The van der Waals surface area contributed by atoms with Crippen LogP contribution in [0.15, 0.2) is 34.8 Å². The van der Waals surface area contributed by atoms with E-state index < -0.39 is 0 Å². The van der Waals surface area contributed by atoms with E-state index in [2.05, 4.69) is 39.4 Å². The predicted molar refractivity (Wildman–Crippen MR) is 98.4 cm³/mol. The van der Waals surface area contributed by atoms with E-state index in [0.29, 0.717) is 6.61 Å². The molecule has 1 aliphatic rings. The van der Waals surface area contributed by atoms with Crippen LogP contribution in [-0.2, 0) is 6.42 Å². The van der Waals surface area contributed by atoms with Crippen LogP contribution in [0.4, 0.5) is 0 Å². The van der Waals surface area contributed by atoms with E-state index in [1.54, 1.807) is 14.2 Å². The van der Waals surface area contributed by atoms with Gasteiger partial charge < -0.3 is 19.5 Å². The van der Waals surface area contributed by atoms with Gasteiger partial charge in [-0.2, -0.15) is 0 Å². The third-order valence-corrected chi connectivity index (χ3v) is 4.78. The van der Waals surface area contributed by atoms with Gasteiger partial charge in [-0.25, -0.2) is 0 Å². The third kappa shape index (κ3) is 3.23. The SMILES string of the molecule is CCOc1cc2c(cc1OC)CCNC2c1cc(Br)ccc1OC. The number of hydrogen-bond donors (Lipinski definition) is 1. The maximum atomic E-state index is 5.77. The molecule has 0 saturated carbocycles. The Bertz CT molecular complexity index is 733. The van der Waals surface area contributed by atoms with Crippen LogP contribution in [0.5, 0.6) is 17.2 Å². The number of hydrogen-bond acceptors (Lipinski definition) is 4. The number of benzene rings is 2. The zero-order valence-corrected chi connectivity index (χ0v) is 15.8. The van der Waals surface area contributed by atoms with Crippen LogP contribution >= 0.6 is 15.9 Å². The maximum Gasteiger partial charge on any atom is 0.161 e. The highest BCUT2D eigenvalue weighted by atomic mass is 79.9. The quantitative estimate of drug-likeness (QED) is 0.832. The molecule has 3 rings (SSSR count). The van der Waals surface area contributed by atoms with Gasteiger partial charge in [-0.1, -0.05) is 15.9 Å². The fourth-order valence-electron chi connectivity index (χ4n) is 3.20. The zero-order chi connectivity index (χ0) is 17.1. The van der Waals surface area contributed by atoms with Gasteiger partial charge >= 0.3 is 0 Å². The molecular formula is C19H22BrNO3. The van der Waals surface area contributed by atoms with Gasteiger partial charge in [0.25, 0.3) is 0 Å². The Kier molecular flexibility index (Phi) is 5.31. The number of nitrogens with one attached hydrogen (secondary N) is 1. The number of halogens is 1. The van der Waals surface area contributed by atoms with Crippen molar-refractivity contribution < 1.29 is 14.2 Å².